The Balaban J connectivity index is 1.93. The highest BCUT2D eigenvalue weighted by Crippen LogP contribution is 2.50. The average molecular weight is 317 g/mol. The first-order valence-corrected chi connectivity index (χ1v) is 6.80. The molecule has 1 aliphatic carbocycles. The third kappa shape index (κ3) is 3.02. The number of hydrogen-bond donors (Lipinski definition) is 1. The van der Waals surface area contributed by atoms with Crippen LogP contribution in [0.4, 0.5) is 0 Å². The van der Waals surface area contributed by atoms with Crippen LogP contribution in [0.15, 0.2) is 22.7 Å². The van der Waals surface area contributed by atoms with Crippen molar-refractivity contribution in [1.29, 1.82) is 0 Å². The number of benzene rings is 1. The van der Waals surface area contributed by atoms with E-state index < -0.39 is 0 Å². The van der Waals surface area contributed by atoms with Gasteiger partial charge in [-0.25, -0.2) is 0 Å². The minimum atomic E-state index is -0.0536. The third-order valence-corrected chi connectivity index (χ3v) is 4.64. The maximum Gasteiger partial charge on any atom is 0.251 e. The number of halogens is 2. The van der Waals surface area contributed by atoms with Gasteiger partial charge in [0.05, 0.1) is 5.02 Å². The van der Waals surface area contributed by atoms with Crippen LogP contribution in [0, 0.1) is 11.3 Å². The molecular weight excluding hydrogens is 302 g/mol. The van der Waals surface area contributed by atoms with Crippen LogP contribution in [0.2, 0.25) is 5.02 Å². The van der Waals surface area contributed by atoms with Gasteiger partial charge in [0.2, 0.25) is 0 Å². The van der Waals surface area contributed by atoms with Crippen LogP contribution >= 0.6 is 27.5 Å². The molecule has 0 aromatic heterocycles. The predicted molar refractivity (Wildman–Crippen MR) is 73.4 cm³/mol. The molecule has 0 bridgehead atoms. The van der Waals surface area contributed by atoms with E-state index in [0.29, 0.717) is 21.9 Å². The van der Waals surface area contributed by atoms with E-state index in [1.54, 1.807) is 18.2 Å². The van der Waals surface area contributed by atoms with Crippen molar-refractivity contribution in [2.45, 2.75) is 20.3 Å². The number of amides is 1. The van der Waals surface area contributed by atoms with Crippen molar-refractivity contribution in [2.75, 3.05) is 6.54 Å². The molecule has 1 saturated carbocycles. The Bertz CT molecular complexity index is 459. The van der Waals surface area contributed by atoms with E-state index in [1.807, 2.05) is 0 Å². The van der Waals surface area contributed by atoms with Crippen LogP contribution in [0.25, 0.3) is 0 Å². The van der Waals surface area contributed by atoms with Crippen LogP contribution in [-0.4, -0.2) is 12.5 Å². The molecule has 0 spiro atoms. The average Bonchev–Trinajstić information content (AvgIpc) is 2.87. The van der Waals surface area contributed by atoms with Gasteiger partial charge in [0.25, 0.3) is 5.91 Å². The zero-order chi connectivity index (χ0) is 12.6. The van der Waals surface area contributed by atoms with Crippen molar-refractivity contribution in [1.82, 2.24) is 5.32 Å². The summed E-state index contributed by atoms with van der Waals surface area (Å²) in [6.07, 6.45) is 1.19. The van der Waals surface area contributed by atoms with Gasteiger partial charge in [0.1, 0.15) is 0 Å². The molecule has 0 aliphatic heterocycles. The van der Waals surface area contributed by atoms with Gasteiger partial charge in [0.15, 0.2) is 0 Å². The number of carbonyl (C=O) groups excluding carboxylic acids is 1. The molecule has 4 heteroatoms. The second-order valence-corrected chi connectivity index (χ2v) is 6.49. The highest BCUT2D eigenvalue weighted by molar-refractivity contribution is 9.10. The molecule has 92 valence electrons. The highest BCUT2D eigenvalue weighted by Gasteiger charge is 2.45. The molecule has 1 atom stereocenters. The molecule has 17 heavy (non-hydrogen) atoms. The highest BCUT2D eigenvalue weighted by atomic mass is 79.9. The minimum absolute atomic E-state index is 0.0536. The van der Waals surface area contributed by atoms with Crippen molar-refractivity contribution in [2.24, 2.45) is 11.3 Å². The van der Waals surface area contributed by atoms with E-state index in [9.17, 15) is 4.79 Å². The fourth-order valence-corrected chi connectivity index (χ4v) is 2.31. The molecule has 1 unspecified atom stereocenters. The molecule has 0 saturated heterocycles. The summed E-state index contributed by atoms with van der Waals surface area (Å²) in [6.45, 7) is 5.19. The number of carbonyl (C=O) groups is 1. The van der Waals surface area contributed by atoms with Gasteiger partial charge in [-0.15, -0.1) is 0 Å². The molecular formula is C13H15BrClNO. The first-order valence-electron chi connectivity index (χ1n) is 5.63. The minimum Gasteiger partial charge on any atom is -0.352 e. The van der Waals surface area contributed by atoms with E-state index in [2.05, 4.69) is 35.1 Å². The van der Waals surface area contributed by atoms with Crippen LogP contribution in [0.3, 0.4) is 0 Å². The molecule has 2 nitrogen and oxygen atoms in total. The Morgan fingerprint density at radius 1 is 1.59 bits per heavy atom. The van der Waals surface area contributed by atoms with Gasteiger partial charge < -0.3 is 5.32 Å². The van der Waals surface area contributed by atoms with Crippen molar-refractivity contribution in [3.05, 3.63) is 33.3 Å². The molecule has 1 N–H and O–H groups in total. The Labute approximate surface area is 115 Å². The smallest absolute Gasteiger partial charge is 0.251 e. The molecule has 0 radical (unpaired) electrons. The van der Waals surface area contributed by atoms with Crippen molar-refractivity contribution < 1.29 is 4.79 Å². The fourth-order valence-electron chi connectivity index (χ4n) is 1.88. The van der Waals surface area contributed by atoms with E-state index in [4.69, 9.17) is 11.6 Å². The first-order chi connectivity index (χ1) is 7.90. The molecule has 2 rings (SSSR count). The summed E-state index contributed by atoms with van der Waals surface area (Å²) in [5.74, 6) is 0.555. The van der Waals surface area contributed by atoms with Crippen molar-refractivity contribution in [3.63, 3.8) is 0 Å². The largest absolute Gasteiger partial charge is 0.352 e. The van der Waals surface area contributed by atoms with Gasteiger partial charge in [-0.05, 0) is 51.9 Å². The molecule has 1 aliphatic rings. The maximum absolute atomic E-state index is 11.9. The lowest BCUT2D eigenvalue weighted by atomic mass is 10.1. The van der Waals surface area contributed by atoms with Gasteiger partial charge in [0, 0.05) is 16.6 Å². The SMILES string of the molecule is CC1(C)CC1CNC(=O)c1ccc(Br)c(Cl)c1. The van der Waals surface area contributed by atoms with Crippen LogP contribution in [0.1, 0.15) is 30.6 Å². The quantitative estimate of drug-likeness (QED) is 0.901. The van der Waals surface area contributed by atoms with Crippen LogP contribution in [-0.2, 0) is 0 Å². The lowest BCUT2D eigenvalue weighted by Gasteiger charge is -2.07. The fraction of sp³-hybridized carbons (Fsp3) is 0.462. The monoisotopic (exact) mass is 315 g/mol. The summed E-state index contributed by atoms with van der Waals surface area (Å²) in [4.78, 5) is 11.9. The van der Waals surface area contributed by atoms with Crippen LogP contribution in [0.5, 0.6) is 0 Å². The summed E-state index contributed by atoms with van der Waals surface area (Å²) in [5, 5.41) is 3.51. The Hall–Kier alpha value is -0.540. The zero-order valence-corrected chi connectivity index (χ0v) is 12.2. The van der Waals surface area contributed by atoms with Gasteiger partial charge in [-0.1, -0.05) is 25.4 Å². The summed E-state index contributed by atoms with van der Waals surface area (Å²) < 4.78 is 0.805. The van der Waals surface area contributed by atoms with Crippen LogP contribution < -0.4 is 5.32 Å². The Kier molecular flexibility index (Phi) is 3.50. The van der Waals surface area contributed by atoms with E-state index in [-0.39, 0.29) is 5.91 Å². The van der Waals surface area contributed by atoms with Gasteiger partial charge in [-0.3, -0.25) is 4.79 Å². The molecule has 1 fully saturated rings. The summed E-state index contributed by atoms with van der Waals surface area (Å²) in [5.41, 5.74) is 1.00. The first kappa shape index (κ1) is 12.9. The van der Waals surface area contributed by atoms with Gasteiger partial charge >= 0.3 is 0 Å². The number of rotatable bonds is 3. The summed E-state index contributed by atoms with van der Waals surface area (Å²) in [7, 11) is 0. The second kappa shape index (κ2) is 4.62. The Morgan fingerprint density at radius 2 is 2.24 bits per heavy atom. The second-order valence-electron chi connectivity index (χ2n) is 5.23. The maximum atomic E-state index is 11.9. The molecule has 1 aromatic rings. The zero-order valence-electron chi connectivity index (χ0n) is 9.89. The summed E-state index contributed by atoms with van der Waals surface area (Å²) in [6, 6.07) is 5.24. The van der Waals surface area contributed by atoms with E-state index in [1.165, 1.54) is 6.42 Å². The molecule has 1 aromatic carbocycles. The van der Waals surface area contributed by atoms with Crippen molar-refractivity contribution in [3.8, 4) is 0 Å². The number of nitrogens with one attached hydrogen (secondary N) is 1. The third-order valence-electron chi connectivity index (χ3n) is 3.41. The predicted octanol–water partition coefficient (Wildman–Crippen LogP) is 3.88. The lowest BCUT2D eigenvalue weighted by molar-refractivity contribution is 0.0950. The van der Waals surface area contributed by atoms with E-state index in [0.717, 1.165) is 11.0 Å². The topological polar surface area (TPSA) is 29.1 Å². The lowest BCUT2D eigenvalue weighted by Crippen LogP contribution is -2.26. The number of hydrogen-bond acceptors (Lipinski definition) is 1. The van der Waals surface area contributed by atoms with E-state index >= 15 is 0 Å². The standard InChI is InChI=1S/C13H15BrClNO/c1-13(2)6-9(13)7-16-12(17)8-3-4-10(14)11(15)5-8/h3-5,9H,6-7H2,1-2H3,(H,16,17). The normalized spacial score (nSPS) is 21.1. The van der Waals surface area contributed by atoms with Gasteiger partial charge in [-0.2, -0.15) is 0 Å². The van der Waals surface area contributed by atoms with Crippen molar-refractivity contribution >= 4 is 33.4 Å². The molecule has 0 heterocycles. The Morgan fingerprint density at radius 3 is 2.76 bits per heavy atom. The molecule has 1 amide bonds. The summed E-state index contributed by atoms with van der Waals surface area (Å²) >= 11 is 9.25.